The van der Waals surface area contributed by atoms with Crippen molar-refractivity contribution in [3.8, 4) is 11.5 Å². The van der Waals surface area contributed by atoms with E-state index < -0.39 is 63.4 Å². The number of likely N-dealkylation sites (tertiary alicyclic amines) is 2. The van der Waals surface area contributed by atoms with Gasteiger partial charge in [0.15, 0.2) is 0 Å². The number of aliphatic carboxylic acids is 1. The topological polar surface area (TPSA) is 130 Å². The lowest BCUT2D eigenvalue weighted by Crippen LogP contribution is -2.68. The van der Waals surface area contributed by atoms with Gasteiger partial charge < -0.3 is 29.5 Å². The van der Waals surface area contributed by atoms with Gasteiger partial charge in [0.2, 0.25) is 5.60 Å². The maximum atomic E-state index is 14.8. The van der Waals surface area contributed by atoms with E-state index >= 15 is 0 Å². The Kier molecular flexibility index (Phi) is 12.0. The van der Waals surface area contributed by atoms with Gasteiger partial charge >= 0.3 is 18.3 Å². The summed E-state index contributed by atoms with van der Waals surface area (Å²) in [6, 6.07) is 6.95. The maximum absolute atomic E-state index is 14.8. The summed E-state index contributed by atoms with van der Waals surface area (Å²) in [6.07, 6.45) is -7.31. The molecule has 2 aliphatic rings. The molecule has 2 aliphatic heterocycles. The SMILES string of the molecule is CCC[C@H]1N(C(=O)c2cnccc2C(F)(F)F)CCC[C@@]1(Oc1csc(C(F)(F)F)c1)C(=O)N1CCC(O)(c2ccccc2OCCCC(=O)O)CC1. The first-order valence-corrected chi connectivity index (χ1v) is 18.0. The number of carboxylic acids is 1. The van der Waals surface area contributed by atoms with Crippen LogP contribution in [0.5, 0.6) is 11.5 Å². The molecule has 17 heteroatoms. The molecule has 2 saturated heterocycles. The van der Waals surface area contributed by atoms with Gasteiger partial charge in [0.1, 0.15) is 16.4 Å². The summed E-state index contributed by atoms with van der Waals surface area (Å²) in [5.41, 5.74) is -4.98. The number of carbonyl (C=O) groups excluding carboxylic acids is 2. The zero-order valence-corrected chi connectivity index (χ0v) is 29.5. The molecule has 2 aromatic heterocycles. The molecule has 0 unspecified atom stereocenters. The van der Waals surface area contributed by atoms with Crippen molar-refractivity contribution in [2.75, 3.05) is 26.2 Å². The first kappa shape index (κ1) is 39.8. The van der Waals surface area contributed by atoms with Gasteiger partial charge in [0, 0.05) is 61.9 Å². The number of rotatable bonds is 12. The molecular formula is C36H39F6N3O7S. The Morgan fingerprint density at radius 3 is 2.38 bits per heavy atom. The number of aliphatic hydroxyl groups is 1. The largest absolute Gasteiger partial charge is 0.493 e. The van der Waals surface area contributed by atoms with E-state index in [-0.39, 0.29) is 76.9 Å². The molecule has 2 fully saturated rings. The Morgan fingerprint density at radius 2 is 1.74 bits per heavy atom. The lowest BCUT2D eigenvalue weighted by molar-refractivity contribution is -0.163. The van der Waals surface area contributed by atoms with E-state index in [1.165, 1.54) is 4.90 Å². The average molecular weight is 772 g/mol. The third-order valence-electron chi connectivity index (χ3n) is 9.62. The smallest absolute Gasteiger partial charge is 0.425 e. The van der Waals surface area contributed by atoms with E-state index in [9.17, 15) is 45.8 Å². The standard InChI is InChI=1S/C36H39F6N3O7S/c1-2-7-28-34(52-23-20-29(53-22-23)36(40,41)42,12-6-16-45(28)31(48)24-21-43-15-11-25(24)35(37,38)39)32(49)44-17-13-33(50,14-18-44)26-8-3-4-9-27(26)51-19-5-10-30(46)47/h3-4,8-9,11,15,20-22,28,50H,2,5-7,10,12-14,16-19H2,1H3,(H,46,47)/t28-,34+/m1/s1. The highest BCUT2D eigenvalue weighted by atomic mass is 32.1. The monoisotopic (exact) mass is 771 g/mol. The molecule has 5 rings (SSSR count). The molecule has 0 bridgehead atoms. The average Bonchev–Trinajstić information content (AvgIpc) is 3.60. The van der Waals surface area contributed by atoms with E-state index in [2.05, 4.69) is 4.98 Å². The minimum Gasteiger partial charge on any atom is -0.493 e. The first-order valence-electron chi connectivity index (χ1n) is 17.1. The second kappa shape index (κ2) is 15.9. The van der Waals surface area contributed by atoms with Gasteiger partial charge in [-0.15, -0.1) is 11.3 Å². The quantitative estimate of drug-likeness (QED) is 0.147. The minimum absolute atomic E-state index is 0.00666. The van der Waals surface area contributed by atoms with Crippen LogP contribution < -0.4 is 9.47 Å². The van der Waals surface area contributed by atoms with Crippen molar-refractivity contribution < 1.29 is 60.4 Å². The van der Waals surface area contributed by atoms with Crippen LogP contribution in [-0.4, -0.2) is 80.7 Å². The zero-order chi connectivity index (χ0) is 38.6. The van der Waals surface area contributed by atoms with E-state index in [1.54, 1.807) is 31.2 Å². The Hall–Kier alpha value is -4.38. The summed E-state index contributed by atoms with van der Waals surface area (Å²) in [7, 11) is 0. The number of aromatic nitrogens is 1. The molecule has 2 amide bonds. The van der Waals surface area contributed by atoms with Crippen molar-refractivity contribution in [1.29, 1.82) is 0 Å². The van der Waals surface area contributed by atoms with Crippen molar-refractivity contribution in [2.45, 2.75) is 87.9 Å². The van der Waals surface area contributed by atoms with Gasteiger partial charge in [-0.25, -0.2) is 0 Å². The Balaban J connectivity index is 1.48. The van der Waals surface area contributed by atoms with Gasteiger partial charge in [-0.3, -0.25) is 19.4 Å². The van der Waals surface area contributed by atoms with Crippen LogP contribution in [0, 0.1) is 0 Å². The normalized spacial score (nSPS) is 20.6. The van der Waals surface area contributed by atoms with Crippen LogP contribution in [0.25, 0.3) is 0 Å². The number of ether oxygens (including phenoxy) is 2. The number of para-hydroxylation sites is 1. The number of carbonyl (C=O) groups is 3. The molecule has 53 heavy (non-hydrogen) atoms. The number of pyridine rings is 1. The van der Waals surface area contributed by atoms with Crippen molar-refractivity contribution in [2.24, 2.45) is 0 Å². The van der Waals surface area contributed by atoms with Crippen LogP contribution in [0.2, 0.25) is 0 Å². The molecule has 0 saturated carbocycles. The van der Waals surface area contributed by atoms with Crippen LogP contribution in [0.3, 0.4) is 0 Å². The summed E-state index contributed by atoms with van der Waals surface area (Å²) in [5, 5.41) is 21.9. The Labute approximate surface area is 305 Å². The summed E-state index contributed by atoms with van der Waals surface area (Å²) in [6.45, 7) is 1.69. The highest BCUT2D eigenvalue weighted by Crippen LogP contribution is 2.44. The lowest BCUT2D eigenvalue weighted by Gasteiger charge is -2.51. The number of carboxylic acid groups (broad SMARTS) is 1. The predicted molar refractivity (Wildman–Crippen MR) is 179 cm³/mol. The van der Waals surface area contributed by atoms with Crippen LogP contribution >= 0.6 is 11.3 Å². The van der Waals surface area contributed by atoms with Crippen molar-refractivity contribution in [1.82, 2.24) is 14.8 Å². The maximum Gasteiger partial charge on any atom is 0.425 e. The summed E-state index contributed by atoms with van der Waals surface area (Å²) in [5.74, 6) is -2.62. The molecular weight excluding hydrogens is 732 g/mol. The fourth-order valence-electron chi connectivity index (χ4n) is 7.10. The highest BCUT2D eigenvalue weighted by Gasteiger charge is 2.56. The fraction of sp³-hybridized carbons (Fsp3) is 0.500. The molecule has 1 aromatic carbocycles. The van der Waals surface area contributed by atoms with E-state index in [4.69, 9.17) is 14.6 Å². The number of benzene rings is 1. The van der Waals surface area contributed by atoms with Gasteiger partial charge in [0.05, 0.1) is 29.4 Å². The van der Waals surface area contributed by atoms with Gasteiger partial charge in [-0.2, -0.15) is 26.3 Å². The second-order valence-corrected chi connectivity index (χ2v) is 14.0. The zero-order valence-electron chi connectivity index (χ0n) is 28.7. The predicted octanol–water partition coefficient (Wildman–Crippen LogP) is 7.16. The number of hydrogen-bond donors (Lipinski definition) is 2. The van der Waals surface area contributed by atoms with Crippen LogP contribution in [0.4, 0.5) is 26.3 Å². The Bertz CT molecular complexity index is 1780. The highest BCUT2D eigenvalue weighted by molar-refractivity contribution is 7.10. The number of thiophene rings is 1. The number of piperidine rings is 2. The molecule has 10 nitrogen and oxygen atoms in total. The van der Waals surface area contributed by atoms with Crippen molar-refractivity contribution in [3.05, 3.63) is 75.7 Å². The summed E-state index contributed by atoms with van der Waals surface area (Å²) in [4.78, 5) is 45.1. The van der Waals surface area contributed by atoms with Gasteiger partial charge in [-0.05, 0) is 44.2 Å². The molecule has 0 spiro atoms. The van der Waals surface area contributed by atoms with Crippen LogP contribution in [0.1, 0.15) is 84.7 Å². The van der Waals surface area contributed by atoms with E-state index in [0.29, 0.717) is 35.1 Å². The third-order valence-corrected chi connectivity index (χ3v) is 10.6. The molecule has 4 heterocycles. The number of alkyl halides is 6. The summed E-state index contributed by atoms with van der Waals surface area (Å²) < 4.78 is 95.1. The van der Waals surface area contributed by atoms with E-state index in [1.807, 2.05) is 0 Å². The fourth-order valence-corrected chi connectivity index (χ4v) is 7.78. The van der Waals surface area contributed by atoms with Crippen LogP contribution in [0.15, 0.2) is 54.2 Å². The number of amides is 2. The lowest BCUT2D eigenvalue weighted by atomic mass is 9.78. The summed E-state index contributed by atoms with van der Waals surface area (Å²) >= 11 is 0.359. The number of halogens is 6. The van der Waals surface area contributed by atoms with Gasteiger partial charge in [0.25, 0.3) is 11.8 Å². The third kappa shape index (κ3) is 8.72. The van der Waals surface area contributed by atoms with Crippen molar-refractivity contribution >= 4 is 29.1 Å². The van der Waals surface area contributed by atoms with Gasteiger partial charge in [-0.1, -0.05) is 31.5 Å². The van der Waals surface area contributed by atoms with E-state index in [0.717, 1.165) is 28.7 Å². The Morgan fingerprint density at radius 1 is 1.02 bits per heavy atom. The molecule has 0 radical (unpaired) electrons. The first-order chi connectivity index (χ1) is 25.0. The molecule has 288 valence electrons. The van der Waals surface area contributed by atoms with Crippen molar-refractivity contribution in [3.63, 3.8) is 0 Å². The molecule has 2 N–H and O–H groups in total. The molecule has 3 aromatic rings. The molecule has 2 atom stereocenters. The van der Waals surface area contributed by atoms with Crippen LogP contribution in [-0.2, 0) is 27.5 Å². The number of nitrogens with zero attached hydrogens (tertiary/aromatic N) is 3. The second-order valence-electron chi connectivity index (χ2n) is 13.1. The number of hydrogen-bond acceptors (Lipinski definition) is 8. The minimum atomic E-state index is -4.90. The molecule has 0 aliphatic carbocycles.